The predicted octanol–water partition coefficient (Wildman–Crippen LogP) is 0.715. The van der Waals surface area contributed by atoms with Gasteiger partial charge in [-0.05, 0) is 25.0 Å². The second-order valence-electron chi connectivity index (χ2n) is 4.60. The molecule has 0 aromatic carbocycles. The highest BCUT2D eigenvalue weighted by Gasteiger charge is 2.28. The summed E-state index contributed by atoms with van der Waals surface area (Å²) in [7, 11) is -3.56. The number of rotatable bonds is 6. The summed E-state index contributed by atoms with van der Waals surface area (Å²) in [5.41, 5.74) is 2.26. The number of nitrogens with two attached hydrogens (primary N) is 1. The van der Waals surface area contributed by atoms with Gasteiger partial charge in [0.1, 0.15) is 4.90 Å². The van der Waals surface area contributed by atoms with E-state index < -0.39 is 10.0 Å². The molecule has 1 aromatic heterocycles. The molecule has 112 valence electrons. The van der Waals surface area contributed by atoms with Crippen molar-refractivity contribution < 1.29 is 8.42 Å². The number of anilines is 1. The molecule has 1 aliphatic carbocycles. The van der Waals surface area contributed by atoms with Crippen LogP contribution in [0.25, 0.3) is 0 Å². The summed E-state index contributed by atoms with van der Waals surface area (Å²) in [6.45, 7) is 2.12. The van der Waals surface area contributed by atoms with E-state index in [1.165, 1.54) is 12.4 Å². The molecule has 1 saturated carbocycles. The van der Waals surface area contributed by atoms with E-state index in [2.05, 4.69) is 27.0 Å². The largest absolute Gasteiger partial charge is 0.292 e. The molecule has 0 radical (unpaired) electrons. The third kappa shape index (κ3) is 3.81. The first-order valence-corrected chi connectivity index (χ1v) is 9.01. The molecule has 0 aliphatic heterocycles. The first kappa shape index (κ1) is 15.5. The average molecular weight is 317 g/mol. The fourth-order valence-electron chi connectivity index (χ4n) is 2.25. The van der Waals surface area contributed by atoms with Crippen molar-refractivity contribution in [2.24, 2.45) is 5.84 Å². The van der Waals surface area contributed by atoms with Gasteiger partial charge in [0.25, 0.3) is 0 Å². The number of nitrogen functional groups attached to an aromatic ring is 1. The van der Waals surface area contributed by atoms with Crippen LogP contribution in [0, 0.1) is 0 Å². The molecule has 9 heteroatoms. The number of nitrogens with zero attached hydrogens (tertiary/aromatic N) is 2. The van der Waals surface area contributed by atoms with E-state index >= 15 is 0 Å². The van der Waals surface area contributed by atoms with Crippen LogP contribution in [-0.2, 0) is 10.0 Å². The minimum Gasteiger partial charge on any atom is -0.292 e. The zero-order valence-electron chi connectivity index (χ0n) is 11.2. The van der Waals surface area contributed by atoms with Crippen LogP contribution >= 0.6 is 11.8 Å². The fourth-order valence-corrected chi connectivity index (χ4v) is 4.57. The van der Waals surface area contributed by atoms with Crippen LogP contribution in [0.5, 0.6) is 0 Å². The lowest BCUT2D eigenvalue weighted by atomic mass is 10.3. The smallest absolute Gasteiger partial charge is 0.243 e. The van der Waals surface area contributed by atoms with Crippen LogP contribution in [0.2, 0.25) is 0 Å². The Morgan fingerprint density at radius 2 is 2.10 bits per heavy atom. The van der Waals surface area contributed by atoms with Crippen LogP contribution in [0.1, 0.15) is 26.2 Å². The first-order valence-electron chi connectivity index (χ1n) is 6.47. The predicted molar refractivity (Wildman–Crippen MR) is 79.7 cm³/mol. The van der Waals surface area contributed by atoms with Gasteiger partial charge in [-0.1, -0.05) is 6.92 Å². The van der Waals surface area contributed by atoms with Crippen molar-refractivity contribution in [3.8, 4) is 0 Å². The molecule has 7 nitrogen and oxygen atoms in total. The summed E-state index contributed by atoms with van der Waals surface area (Å²) in [5.74, 6) is 6.39. The topological polar surface area (TPSA) is 110 Å². The monoisotopic (exact) mass is 317 g/mol. The number of nitrogens with one attached hydrogen (secondary N) is 2. The summed E-state index contributed by atoms with van der Waals surface area (Å²) in [6, 6.07) is -0.00337. The Hall–Kier alpha value is -0.900. The Bertz CT molecular complexity index is 534. The van der Waals surface area contributed by atoms with Crippen molar-refractivity contribution in [1.29, 1.82) is 0 Å². The summed E-state index contributed by atoms with van der Waals surface area (Å²) >= 11 is 1.89. The molecule has 2 rings (SSSR count). The lowest BCUT2D eigenvalue weighted by molar-refractivity contribution is 0.552. The van der Waals surface area contributed by atoms with Gasteiger partial charge in [0.05, 0.1) is 12.4 Å². The summed E-state index contributed by atoms with van der Waals surface area (Å²) in [6.07, 6.45) is 5.30. The lowest BCUT2D eigenvalue weighted by Gasteiger charge is -2.13. The van der Waals surface area contributed by atoms with Crippen LogP contribution in [-0.4, -0.2) is 35.4 Å². The number of aromatic nitrogens is 2. The highest BCUT2D eigenvalue weighted by molar-refractivity contribution is 7.99. The normalized spacial score (nSPS) is 22.9. The van der Waals surface area contributed by atoms with Crippen molar-refractivity contribution in [1.82, 2.24) is 14.7 Å². The molecule has 0 spiro atoms. The molecule has 1 aromatic rings. The minimum atomic E-state index is -3.56. The van der Waals surface area contributed by atoms with E-state index in [1.54, 1.807) is 0 Å². The Morgan fingerprint density at radius 3 is 2.70 bits per heavy atom. The second-order valence-corrected chi connectivity index (χ2v) is 7.89. The summed E-state index contributed by atoms with van der Waals surface area (Å²) in [5, 5.41) is 0.549. The third-order valence-electron chi connectivity index (χ3n) is 3.18. The van der Waals surface area contributed by atoms with Crippen molar-refractivity contribution in [2.75, 3.05) is 11.2 Å². The molecule has 20 heavy (non-hydrogen) atoms. The molecule has 1 heterocycles. The second kappa shape index (κ2) is 6.70. The number of sulfonamides is 1. The SMILES string of the molecule is CCSC1CCC(NS(=O)(=O)c2cnc(NN)nc2)C1. The zero-order valence-corrected chi connectivity index (χ0v) is 12.9. The van der Waals surface area contributed by atoms with Gasteiger partial charge in [-0.2, -0.15) is 11.8 Å². The van der Waals surface area contributed by atoms with Crippen molar-refractivity contribution in [3.63, 3.8) is 0 Å². The Morgan fingerprint density at radius 1 is 1.40 bits per heavy atom. The van der Waals surface area contributed by atoms with Crippen LogP contribution in [0.4, 0.5) is 5.95 Å². The Balaban J connectivity index is 2.00. The van der Waals surface area contributed by atoms with Crippen molar-refractivity contribution in [2.45, 2.75) is 42.4 Å². The molecule has 1 fully saturated rings. The fraction of sp³-hybridized carbons (Fsp3) is 0.636. The van der Waals surface area contributed by atoms with Gasteiger partial charge in [0, 0.05) is 11.3 Å². The first-order chi connectivity index (χ1) is 9.55. The number of thioether (sulfide) groups is 1. The van der Waals surface area contributed by atoms with Crippen molar-refractivity contribution >= 4 is 27.7 Å². The van der Waals surface area contributed by atoms with Gasteiger partial charge in [-0.25, -0.2) is 29.0 Å². The van der Waals surface area contributed by atoms with E-state index in [1.807, 2.05) is 11.8 Å². The van der Waals surface area contributed by atoms with Crippen LogP contribution in [0.3, 0.4) is 0 Å². The van der Waals surface area contributed by atoms with Gasteiger partial charge in [-0.15, -0.1) is 0 Å². The zero-order chi connectivity index (χ0) is 14.6. The summed E-state index contributed by atoms with van der Waals surface area (Å²) in [4.78, 5) is 7.68. The molecule has 0 amide bonds. The minimum absolute atomic E-state index is 0.00337. The number of hydrogen-bond donors (Lipinski definition) is 3. The quantitative estimate of drug-likeness (QED) is 0.523. The highest BCUT2D eigenvalue weighted by Crippen LogP contribution is 2.30. The summed E-state index contributed by atoms with van der Waals surface area (Å²) < 4.78 is 27.1. The maximum atomic E-state index is 12.2. The van der Waals surface area contributed by atoms with Crippen molar-refractivity contribution in [3.05, 3.63) is 12.4 Å². The van der Waals surface area contributed by atoms with Gasteiger partial charge >= 0.3 is 0 Å². The van der Waals surface area contributed by atoms with E-state index in [0.29, 0.717) is 5.25 Å². The molecule has 4 N–H and O–H groups in total. The van der Waals surface area contributed by atoms with E-state index in [0.717, 1.165) is 25.0 Å². The molecule has 0 saturated heterocycles. The molecule has 0 bridgehead atoms. The maximum Gasteiger partial charge on any atom is 0.243 e. The van der Waals surface area contributed by atoms with Crippen LogP contribution in [0.15, 0.2) is 17.3 Å². The molecular formula is C11H19N5O2S2. The third-order valence-corrected chi connectivity index (χ3v) is 5.88. The van der Waals surface area contributed by atoms with Gasteiger partial charge < -0.3 is 0 Å². The Kier molecular flexibility index (Phi) is 5.19. The molecule has 2 atom stereocenters. The van der Waals surface area contributed by atoms with Gasteiger partial charge in [-0.3, -0.25) is 5.43 Å². The number of hydrazine groups is 1. The lowest BCUT2D eigenvalue weighted by Crippen LogP contribution is -2.33. The molecule has 1 aliphatic rings. The van der Waals surface area contributed by atoms with E-state index in [9.17, 15) is 8.42 Å². The highest BCUT2D eigenvalue weighted by atomic mass is 32.2. The standard InChI is InChI=1S/C11H19N5O2S2/c1-2-19-9-4-3-8(5-9)16-20(17,18)10-6-13-11(15-12)14-7-10/h6-9,16H,2-5,12H2,1H3,(H,13,14,15). The molecular weight excluding hydrogens is 298 g/mol. The van der Waals surface area contributed by atoms with Gasteiger partial charge in [0.2, 0.25) is 16.0 Å². The molecule has 2 unspecified atom stereocenters. The van der Waals surface area contributed by atoms with Crippen LogP contribution < -0.4 is 16.0 Å². The number of hydrogen-bond acceptors (Lipinski definition) is 7. The Labute approximate surface area is 123 Å². The van der Waals surface area contributed by atoms with Gasteiger partial charge in [0.15, 0.2) is 0 Å². The average Bonchev–Trinajstić information content (AvgIpc) is 2.86. The maximum absolute atomic E-state index is 12.2. The van der Waals surface area contributed by atoms with E-state index in [4.69, 9.17) is 5.84 Å². The van der Waals surface area contributed by atoms with E-state index in [-0.39, 0.29) is 16.9 Å².